The molecule has 0 aliphatic heterocycles. The zero-order chi connectivity index (χ0) is 16.4. The molecule has 116 valence electrons. The fourth-order valence-corrected chi connectivity index (χ4v) is 2.47. The van der Waals surface area contributed by atoms with E-state index in [4.69, 9.17) is 16.0 Å². The SMILES string of the molecule is Clc1ccc(-c2nc(-c3ccccc3)nc(-c3ccoc3)n2)cc1. The van der Waals surface area contributed by atoms with Gasteiger partial charge in [0.05, 0.1) is 11.8 Å². The molecule has 0 N–H and O–H groups in total. The van der Waals surface area contributed by atoms with E-state index in [1.54, 1.807) is 12.5 Å². The van der Waals surface area contributed by atoms with E-state index in [0.29, 0.717) is 22.5 Å². The quantitative estimate of drug-likeness (QED) is 0.522. The van der Waals surface area contributed by atoms with Gasteiger partial charge in [-0.3, -0.25) is 0 Å². The van der Waals surface area contributed by atoms with E-state index in [0.717, 1.165) is 16.7 Å². The first-order chi connectivity index (χ1) is 11.8. The summed E-state index contributed by atoms with van der Waals surface area (Å²) in [6.45, 7) is 0. The zero-order valence-corrected chi connectivity index (χ0v) is 13.3. The number of furan rings is 1. The summed E-state index contributed by atoms with van der Waals surface area (Å²) in [7, 11) is 0. The van der Waals surface area contributed by atoms with Crippen LogP contribution in [-0.2, 0) is 0 Å². The predicted molar refractivity (Wildman–Crippen MR) is 93.4 cm³/mol. The molecule has 0 aliphatic carbocycles. The maximum atomic E-state index is 5.97. The number of benzene rings is 2. The Labute approximate surface area is 143 Å². The monoisotopic (exact) mass is 333 g/mol. The summed E-state index contributed by atoms with van der Waals surface area (Å²) in [5, 5.41) is 0.672. The van der Waals surface area contributed by atoms with Crippen LogP contribution in [-0.4, -0.2) is 15.0 Å². The van der Waals surface area contributed by atoms with Crippen LogP contribution >= 0.6 is 11.6 Å². The third-order valence-electron chi connectivity index (χ3n) is 3.55. The molecule has 0 radical (unpaired) electrons. The molecule has 0 amide bonds. The first-order valence-electron chi connectivity index (χ1n) is 7.39. The standard InChI is InChI=1S/C19H12ClN3O/c20-16-8-6-14(7-9-16)18-21-17(13-4-2-1-3-5-13)22-19(23-18)15-10-11-24-12-15/h1-12H. The molecular formula is C19H12ClN3O. The molecule has 2 heterocycles. The highest BCUT2D eigenvalue weighted by Gasteiger charge is 2.12. The Morgan fingerprint density at radius 1 is 0.625 bits per heavy atom. The van der Waals surface area contributed by atoms with Crippen LogP contribution in [0.4, 0.5) is 0 Å². The summed E-state index contributed by atoms with van der Waals surface area (Å²) in [6, 6.07) is 19.1. The number of rotatable bonds is 3. The Bertz CT molecular complexity index is 952. The van der Waals surface area contributed by atoms with Crippen LogP contribution in [0.3, 0.4) is 0 Å². The molecule has 0 spiro atoms. The molecule has 4 rings (SSSR count). The molecule has 0 saturated heterocycles. The van der Waals surface area contributed by atoms with Crippen molar-refractivity contribution < 1.29 is 4.42 Å². The molecule has 0 saturated carbocycles. The van der Waals surface area contributed by atoms with Crippen LogP contribution in [0.15, 0.2) is 77.6 Å². The average Bonchev–Trinajstić information content (AvgIpc) is 3.17. The van der Waals surface area contributed by atoms with Gasteiger partial charge in [0.1, 0.15) is 6.26 Å². The Morgan fingerprint density at radius 2 is 1.21 bits per heavy atom. The first kappa shape index (κ1) is 14.6. The van der Waals surface area contributed by atoms with Gasteiger partial charge in [0.2, 0.25) is 0 Å². The van der Waals surface area contributed by atoms with E-state index in [9.17, 15) is 0 Å². The summed E-state index contributed by atoms with van der Waals surface area (Å²) >= 11 is 5.97. The highest BCUT2D eigenvalue weighted by molar-refractivity contribution is 6.30. The summed E-state index contributed by atoms with van der Waals surface area (Å²) < 4.78 is 5.16. The van der Waals surface area contributed by atoms with E-state index < -0.39 is 0 Å². The molecule has 4 nitrogen and oxygen atoms in total. The lowest BCUT2D eigenvalue weighted by Gasteiger charge is -2.07. The zero-order valence-electron chi connectivity index (χ0n) is 12.6. The number of halogens is 1. The minimum Gasteiger partial charge on any atom is -0.472 e. The Morgan fingerprint density at radius 3 is 1.79 bits per heavy atom. The molecule has 2 aromatic carbocycles. The summed E-state index contributed by atoms with van der Waals surface area (Å²) in [6.07, 6.45) is 3.22. The predicted octanol–water partition coefficient (Wildman–Crippen LogP) is 5.12. The smallest absolute Gasteiger partial charge is 0.167 e. The largest absolute Gasteiger partial charge is 0.472 e. The molecule has 0 fully saturated rings. The lowest BCUT2D eigenvalue weighted by Crippen LogP contribution is -1.99. The summed E-state index contributed by atoms with van der Waals surface area (Å²) in [5.74, 6) is 1.78. The van der Waals surface area contributed by atoms with Crippen LogP contribution < -0.4 is 0 Å². The second-order valence-corrected chi connectivity index (χ2v) is 5.63. The van der Waals surface area contributed by atoms with E-state index in [1.807, 2.05) is 60.7 Å². The van der Waals surface area contributed by atoms with Gasteiger partial charge in [0.25, 0.3) is 0 Å². The van der Waals surface area contributed by atoms with Crippen LogP contribution in [0.5, 0.6) is 0 Å². The highest BCUT2D eigenvalue weighted by atomic mass is 35.5. The van der Waals surface area contributed by atoms with Gasteiger partial charge in [0, 0.05) is 16.1 Å². The van der Waals surface area contributed by atoms with Crippen molar-refractivity contribution in [3.8, 4) is 34.2 Å². The molecule has 24 heavy (non-hydrogen) atoms. The van der Waals surface area contributed by atoms with E-state index >= 15 is 0 Å². The van der Waals surface area contributed by atoms with Crippen LogP contribution in [0.1, 0.15) is 0 Å². The summed E-state index contributed by atoms with van der Waals surface area (Å²) in [4.78, 5) is 13.8. The van der Waals surface area contributed by atoms with Crippen LogP contribution in [0.25, 0.3) is 34.2 Å². The molecule has 0 bridgehead atoms. The minimum absolute atomic E-state index is 0.572. The van der Waals surface area contributed by atoms with Crippen LogP contribution in [0.2, 0.25) is 5.02 Å². The van der Waals surface area contributed by atoms with E-state index in [2.05, 4.69) is 15.0 Å². The second-order valence-electron chi connectivity index (χ2n) is 5.19. The van der Waals surface area contributed by atoms with Crippen molar-refractivity contribution in [3.63, 3.8) is 0 Å². The lowest BCUT2D eigenvalue weighted by molar-refractivity contribution is 0.568. The molecule has 2 aromatic heterocycles. The molecule has 0 atom stereocenters. The maximum absolute atomic E-state index is 5.97. The molecular weight excluding hydrogens is 322 g/mol. The van der Waals surface area contributed by atoms with Crippen LogP contribution in [0, 0.1) is 0 Å². The van der Waals surface area contributed by atoms with Gasteiger partial charge in [-0.15, -0.1) is 0 Å². The maximum Gasteiger partial charge on any atom is 0.167 e. The van der Waals surface area contributed by atoms with Gasteiger partial charge in [-0.2, -0.15) is 0 Å². The van der Waals surface area contributed by atoms with Crippen molar-refractivity contribution in [1.82, 2.24) is 15.0 Å². The minimum atomic E-state index is 0.572. The molecule has 0 unspecified atom stereocenters. The van der Waals surface area contributed by atoms with Gasteiger partial charge in [-0.25, -0.2) is 15.0 Å². The third kappa shape index (κ3) is 2.92. The number of hydrogen-bond acceptors (Lipinski definition) is 4. The number of nitrogens with zero attached hydrogens (tertiary/aromatic N) is 3. The van der Waals surface area contributed by atoms with Crippen molar-refractivity contribution in [2.45, 2.75) is 0 Å². The average molecular weight is 334 g/mol. The lowest BCUT2D eigenvalue weighted by atomic mass is 10.2. The normalized spacial score (nSPS) is 10.7. The first-order valence-corrected chi connectivity index (χ1v) is 7.77. The van der Waals surface area contributed by atoms with Crippen molar-refractivity contribution in [2.75, 3.05) is 0 Å². The topological polar surface area (TPSA) is 51.8 Å². The Balaban J connectivity index is 1.90. The van der Waals surface area contributed by atoms with Crippen molar-refractivity contribution in [2.24, 2.45) is 0 Å². The fraction of sp³-hybridized carbons (Fsp3) is 0. The Hall–Kier alpha value is -2.98. The fourth-order valence-electron chi connectivity index (χ4n) is 2.34. The van der Waals surface area contributed by atoms with Crippen molar-refractivity contribution in [3.05, 3.63) is 78.2 Å². The number of hydrogen-bond donors (Lipinski definition) is 0. The van der Waals surface area contributed by atoms with Crippen molar-refractivity contribution in [1.29, 1.82) is 0 Å². The van der Waals surface area contributed by atoms with E-state index in [-0.39, 0.29) is 0 Å². The molecule has 4 aromatic rings. The second kappa shape index (κ2) is 6.26. The third-order valence-corrected chi connectivity index (χ3v) is 3.80. The highest BCUT2D eigenvalue weighted by Crippen LogP contribution is 2.25. The molecule has 0 aliphatic rings. The van der Waals surface area contributed by atoms with Gasteiger partial charge in [0.15, 0.2) is 17.5 Å². The van der Waals surface area contributed by atoms with E-state index in [1.165, 1.54) is 0 Å². The summed E-state index contributed by atoms with van der Waals surface area (Å²) in [5.41, 5.74) is 2.62. The van der Waals surface area contributed by atoms with Gasteiger partial charge >= 0.3 is 0 Å². The van der Waals surface area contributed by atoms with Crippen molar-refractivity contribution >= 4 is 11.6 Å². The van der Waals surface area contributed by atoms with Gasteiger partial charge < -0.3 is 4.42 Å². The van der Waals surface area contributed by atoms with Gasteiger partial charge in [-0.05, 0) is 30.3 Å². The van der Waals surface area contributed by atoms with Gasteiger partial charge in [-0.1, -0.05) is 41.9 Å². The number of aromatic nitrogens is 3. The molecule has 5 heteroatoms. The Kier molecular flexibility index (Phi) is 3.81.